The summed E-state index contributed by atoms with van der Waals surface area (Å²) in [4.78, 5) is 13.4. The molecule has 2 aromatic carbocycles. The SMILES string of the molecule is C[C@H](c1ccccc1)N1[C@H]2CCCC[C@@H]2N([C@H](C)c2ccccc2)P1(=O)NC(=O)[C@@H]1CCCN1. The van der Waals surface area contributed by atoms with Gasteiger partial charge in [-0.3, -0.25) is 14.4 Å². The first kappa shape index (κ1) is 23.7. The van der Waals surface area contributed by atoms with Crippen LogP contribution in [-0.4, -0.2) is 39.9 Å². The maximum Gasteiger partial charge on any atom is 0.312 e. The minimum absolute atomic E-state index is 0.0672. The van der Waals surface area contributed by atoms with E-state index in [9.17, 15) is 4.79 Å². The summed E-state index contributed by atoms with van der Waals surface area (Å²) in [5.74, 6) is -0.130. The molecule has 0 unspecified atom stereocenters. The zero-order valence-electron chi connectivity index (χ0n) is 20.3. The van der Waals surface area contributed by atoms with Crippen LogP contribution in [0.2, 0.25) is 0 Å². The van der Waals surface area contributed by atoms with Gasteiger partial charge in [-0.05, 0) is 57.2 Å². The summed E-state index contributed by atoms with van der Waals surface area (Å²) in [5.41, 5.74) is 2.27. The van der Waals surface area contributed by atoms with Gasteiger partial charge in [0.1, 0.15) is 0 Å². The zero-order chi connectivity index (χ0) is 23.7. The van der Waals surface area contributed by atoms with Crippen molar-refractivity contribution in [1.82, 2.24) is 19.7 Å². The van der Waals surface area contributed by atoms with E-state index in [0.717, 1.165) is 56.2 Å². The molecule has 2 N–H and O–H groups in total. The number of benzene rings is 2. The van der Waals surface area contributed by atoms with Crippen molar-refractivity contribution >= 4 is 13.5 Å². The Balaban J connectivity index is 1.59. The van der Waals surface area contributed by atoms with Gasteiger partial charge in [-0.1, -0.05) is 73.5 Å². The minimum Gasteiger partial charge on any atom is -0.306 e. The van der Waals surface area contributed by atoms with Crippen LogP contribution in [0.4, 0.5) is 0 Å². The summed E-state index contributed by atoms with van der Waals surface area (Å²) < 4.78 is 19.7. The number of carbonyl (C=O) groups is 1. The number of carbonyl (C=O) groups excluding carboxylic acids is 1. The lowest BCUT2D eigenvalue weighted by molar-refractivity contribution is -0.121. The van der Waals surface area contributed by atoms with Gasteiger partial charge in [0.15, 0.2) is 0 Å². The molecule has 3 aliphatic rings. The fourth-order valence-corrected chi connectivity index (χ4v) is 9.75. The number of hydrogen-bond acceptors (Lipinski definition) is 3. The second-order valence-corrected chi connectivity index (χ2v) is 12.3. The number of fused-ring (bicyclic) bond motifs is 1. The van der Waals surface area contributed by atoms with Gasteiger partial charge < -0.3 is 5.32 Å². The summed E-state index contributed by atoms with van der Waals surface area (Å²) in [6.07, 6.45) is 6.03. The van der Waals surface area contributed by atoms with Crippen LogP contribution in [0, 0.1) is 0 Å². The third kappa shape index (κ3) is 4.26. The molecule has 0 bridgehead atoms. The molecule has 34 heavy (non-hydrogen) atoms. The Kier molecular flexibility index (Phi) is 6.95. The molecular weight excluding hydrogens is 443 g/mol. The van der Waals surface area contributed by atoms with Crippen molar-refractivity contribution in [1.29, 1.82) is 0 Å². The summed E-state index contributed by atoms with van der Waals surface area (Å²) in [7, 11) is -3.42. The van der Waals surface area contributed by atoms with Crippen molar-refractivity contribution in [2.24, 2.45) is 0 Å². The molecule has 2 aliphatic heterocycles. The molecule has 0 radical (unpaired) electrons. The Hall–Kier alpha value is -1.98. The molecule has 1 amide bonds. The van der Waals surface area contributed by atoms with Crippen LogP contribution in [0.5, 0.6) is 0 Å². The van der Waals surface area contributed by atoms with Crippen LogP contribution in [0.15, 0.2) is 60.7 Å². The summed E-state index contributed by atoms with van der Waals surface area (Å²) in [5, 5.41) is 6.45. The minimum atomic E-state index is -3.42. The highest BCUT2D eigenvalue weighted by molar-refractivity contribution is 7.58. The first-order valence-electron chi connectivity index (χ1n) is 12.8. The molecule has 5 atom stereocenters. The average Bonchev–Trinajstić information content (AvgIpc) is 3.49. The second kappa shape index (κ2) is 9.94. The number of nitrogens with one attached hydrogen (secondary N) is 2. The third-order valence-corrected chi connectivity index (χ3v) is 11.0. The van der Waals surface area contributed by atoms with Gasteiger partial charge >= 0.3 is 7.59 Å². The highest BCUT2D eigenvalue weighted by Gasteiger charge is 2.59. The van der Waals surface area contributed by atoms with E-state index in [-0.39, 0.29) is 36.1 Å². The van der Waals surface area contributed by atoms with E-state index in [1.165, 1.54) is 0 Å². The van der Waals surface area contributed by atoms with Crippen molar-refractivity contribution in [3.63, 3.8) is 0 Å². The van der Waals surface area contributed by atoms with Crippen molar-refractivity contribution in [2.75, 3.05) is 6.54 Å². The van der Waals surface area contributed by atoms with Gasteiger partial charge in [-0.2, -0.15) is 0 Å². The molecule has 0 aromatic heterocycles. The largest absolute Gasteiger partial charge is 0.312 e. The standard InChI is InChI=1S/C27H37N4O2P/c1-20(22-12-5-3-6-13-22)30-25-17-9-10-18-26(25)31(21(2)23-14-7-4-8-15-23)34(30,33)29-27(32)24-16-11-19-28-24/h3-8,12-15,20-21,24-26,28H,9-11,16-19H2,1-2H3,(H,29,32,33)/t20-,21-,24+,25+,26+/m1/s1. The van der Waals surface area contributed by atoms with Crippen LogP contribution in [-0.2, 0) is 9.36 Å². The van der Waals surface area contributed by atoms with Gasteiger partial charge in [0.2, 0.25) is 5.91 Å². The smallest absolute Gasteiger partial charge is 0.306 e. The van der Waals surface area contributed by atoms with Gasteiger partial charge in [0.25, 0.3) is 0 Å². The number of hydrogen-bond donors (Lipinski definition) is 2. The molecule has 2 heterocycles. The van der Waals surface area contributed by atoms with Crippen molar-refractivity contribution in [2.45, 2.75) is 82.6 Å². The Labute approximate surface area is 203 Å². The molecule has 2 aromatic rings. The first-order valence-corrected chi connectivity index (χ1v) is 14.4. The Morgan fingerprint density at radius 1 is 0.853 bits per heavy atom. The van der Waals surface area contributed by atoms with Crippen molar-refractivity contribution in [3.05, 3.63) is 71.8 Å². The predicted octanol–water partition coefficient (Wildman–Crippen LogP) is 5.41. The molecule has 6 nitrogen and oxygen atoms in total. The first-order chi connectivity index (χ1) is 16.5. The van der Waals surface area contributed by atoms with E-state index in [1.54, 1.807) is 0 Å². The molecule has 5 rings (SSSR count). The Morgan fingerprint density at radius 3 is 1.79 bits per heavy atom. The highest BCUT2D eigenvalue weighted by Crippen LogP contribution is 2.66. The quantitative estimate of drug-likeness (QED) is 0.541. The second-order valence-electron chi connectivity index (χ2n) is 10.0. The molecule has 1 saturated carbocycles. The monoisotopic (exact) mass is 480 g/mol. The molecular formula is C27H37N4O2P. The normalized spacial score (nSPS) is 28.8. The Bertz CT molecular complexity index is 962. The van der Waals surface area contributed by atoms with Crippen LogP contribution in [0.3, 0.4) is 0 Å². The maximum atomic E-state index is 15.3. The van der Waals surface area contributed by atoms with Crippen LogP contribution in [0.1, 0.15) is 75.6 Å². The van der Waals surface area contributed by atoms with Gasteiger partial charge in [-0.25, -0.2) is 9.34 Å². The van der Waals surface area contributed by atoms with E-state index in [4.69, 9.17) is 0 Å². The van der Waals surface area contributed by atoms with Gasteiger partial charge in [-0.15, -0.1) is 0 Å². The molecule has 2 saturated heterocycles. The lowest BCUT2D eigenvalue weighted by atomic mass is 9.88. The average molecular weight is 481 g/mol. The molecule has 3 fully saturated rings. The van der Waals surface area contributed by atoms with E-state index in [1.807, 2.05) is 36.4 Å². The number of nitrogens with zero attached hydrogens (tertiary/aromatic N) is 2. The number of amides is 1. The van der Waals surface area contributed by atoms with Gasteiger partial charge in [0.05, 0.1) is 6.04 Å². The van der Waals surface area contributed by atoms with Crippen molar-refractivity contribution in [3.8, 4) is 0 Å². The number of rotatable bonds is 6. The maximum absolute atomic E-state index is 15.3. The lowest BCUT2D eigenvalue weighted by Gasteiger charge is -2.38. The fourth-order valence-electron chi connectivity index (χ4n) is 6.29. The fraction of sp³-hybridized carbons (Fsp3) is 0.519. The van der Waals surface area contributed by atoms with Gasteiger partial charge in [0, 0.05) is 24.2 Å². The highest BCUT2D eigenvalue weighted by atomic mass is 31.2. The topological polar surface area (TPSA) is 64.7 Å². The van der Waals surface area contributed by atoms with Crippen LogP contribution in [0.25, 0.3) is 0 Å². The molecule has 7 heteroatoms. The summed E-state index contributed by atoms with van der Waals surface area (Å²) in [6.45, 7) is 5.12. The van der Waals surface area contributed by atoms with Crippen LogP contribution >= 0.6 is 7.59 Å². The van der Waals surface area contributed by atoms with E-state index >= 15 is 4.57 Å². The summed E-state index contributed by atoms with van der Waals surface area (Å²) in [6, 6.07) is 20.5. The van der Waals surface area contributed by atoms with E-state index in [0.29, 0.717) is 0 Å². The summed E-state index contributed by atoms with van der Waals surface area (Å²) >= 11 is 0. The third-order valence-electron chi connectivity index (χ3n) is 7.99. The molecule has 1 aliphatic carbocycles. The Morgan fingerprint density at radius 2 is 1.35 bits per heavy atom. The van der Waals surface area contributed by atoms with Crippen LogP contribution < -0.4 is 10.4 Å². The predicted molar refractivity (Wildman–Crippen MR) is 136 cm³/mol. The van der Waals surface area contributed by atoms with E-state index in [2.05, 4.69) is 57.9 Å². The zero-order valence-corrected chi connectivity index (χ0v) is 21.2. The molecule has 0 spiro atoms. The lowest BCUT2D eigenvalue weighted by Crippen LogP contribution is -2.44. The van der Waals surface area contributed by atoms with Crippen molar-refractivity contribution < 1.29 is 9.36 Å². The van der Waals surface area contributed by atoms with E-state index < -0.39 is 7.59 Å². The molecule has 182 valence electrons.